The van der Waals surface area contributed by atoms with Crippen LogP contribution >= 0.6 is 23.1 Å². The molecule has 0 aliphatic carbocycles. The number of hydrogen-bond donors (Lipinski definition) is 1. The number of carboxylic acids is 1. The zero-order chi connectivity index (χ0) is 9.52. The normalized spacial score (nSPS) is 10.2. The predicted octanol–water partition coefficient (Wildman–Crippen LogP) is 2.50. The van der Waals surface area contributed by atoms with E-state index in [1.165, 1.54) is 5.56 Å². The average Bonchev–Trinajstić information content (AvgIpc) is 2.55. The van der Waals surface area contributed by atoms with E-state index >= 15 is 0 Å². The van der Waals surface area contributed by atoms with E-state index in [4.69, 9.17) is 5.11 Å². The fraction of sp³-hybridized carbons (Fsp3) is 0.444. The lowest BCUT2D eigenvalue weighted by Crippen LogP contribution is -1.97. The van der Waals surface area contributed by atoms with Gasteiger partial charge in [0.05, 0.1) is 6.42 Å². The maximum absolute atomic E-state index is 10.2. The lowest BCUT2D eigenvalue weighted by molar-refractivity contribution is -0.136. The van der Waals surface area contributed by atoms with Crippen LogP contribution in [0.3, 0.4) is 0 Å². The van der Waals surface area contributed by atoms with Crippen LogP contribution in [0.1, 0.15) is 12.0 Å². The largest absolute Gasteiger partial charge is 0.481 e. The van der Waals surface area contributed by atoms with Gasteiger partial charge in [0.25, 0.3) is 0 Å². The van der Waals surface area contributed by atoms with Gasteiger partial charge >= 0.3 is 5.97 Å². The Morgan fingerprint density at radius 1 is 1.54 bits per heavy atom. The van der Waals surface area contributed by atoms with Gasteiger partial charge in [0, 0.05) is 5.75 Å². The zero-order valence-corrected chi connectivity index (χ0v) is 8.87. The summed E-state index contributed by atoms with van der Waals surface area (Å²) < 4.78 is 0. The van der Waals surface area contributed by atoms with Gasteiger partial charge in [-0.2, -0.15) is 23.1 Å². The molecule has 0 saturated heterocycles. The van der Waals surface area contributed by atoms with Crippen molar-refractivity contribution in [3.63, 3.8) is 0 Å². The van der Waals surface area contributed by atoms with Gasteiger partial charge in [0.1, 0.15) is 0 Å². The minimum Gasteiger partial charge on any atom is -0.481 e. The maximum Gasteiger partial charge on any atom is 0.304 e. The maximum atomic E-state index is 10.2. The molecule has 0 aromatic carbocycles. The van der Waals surface area contributed by atoms with Crippen molar-refractivity contribution in [3.05, 3.63) is 22.4 Å². The summed E-state index contributed by atoms with van der Waals surface area (Å²) in [7, 11) is 0. The molecule has 0 radical (unpaired) electrons. The minimum atomic E-state index is -0.706. The average molecular weight is 216 g/mol. The first kappa shape index (κ1) is 10.6. The molecular formula is C9H12O2S2. The van der Waals surface area contributed by atoms with Crippen molar-refractivity contribution in [2.24, 2.45) is 0 Å². The van der Waals surface area contributed by atoms with E-state index in [0.29, 0.717) is 0 Å². The van der Waals surface area contributed by atoms with E-state index in [1.54, 1.807) is 23.1 Å². The Bertz CT molecular complexity index is 244. The summed E-state index contributed by atoms with van der Waals surface area (Å²) in [6.45, 7) is 0. The van der Waals surface area contributed by atoms with Crippen molar-refractivity contribution in [2.45, 2.75) is 12.8 Å². The number of carboxylic acid groups (broad SMARTS) is 1. The highest BCUT2D eigenvalue weighted by atomic mass is 32.2. The summed E-state index contributed by atoms with van der Waals surface area (Å²) in [4.78, 5) is 10.2. The lowest BCUT2D eigenvalue weighted by atomic mass is 10.3. The van der Waals surface area contributed by atoms with Gasteiger partial charge < -0.3 is 5.11 Å². The van der Waals surface area contributed by atoms with Crippen molar-refractivity contribution in [1.82, 2.24) is 0 Å². The van der Waals surface area contributed by atoms with Crippen molar-refractivity contribution in [2.75, 3.05) is 11.5 Å². The number of carbonyl (C=O) groups is 1. The second-order valence-corrected chi connectivity index (χ2v) is 4.64. The first-order chi connectivity index (χ1) is 6.29. The van der Waals surface area contributed by atoms with Crippen molar-refractivity contribution >= 4 is 29.1 Å². The number of rotatable bonds is 6. The van der Waals surface area contributed by atoms with Crippen LogP contribution in [0.15, 0.2) is 16.8 Å². The molecule has 0 saturated carbocycles. The molecule has 1 aromatic heterocycles. The molecule has 13 heavy (non-hydrogen) atoms. The van der Waals surface area contributed by atoms with E-state index in [0.717, 1.165) is 17.9 Å². The van der Waals surface area contributed by atoms with E-state index in [-0.39, 0.29) is 6.42 Å². The monoisotopic (exact) mass is 216 g/mol. The van der Waals surface area contributed by atoms with Gasteiger partial charge in [-0.25, -0.2) is 0 Å². The van der Waals surface area contributed by atoms with Gasteiger partial charge in [-0.3, -0.25) is 4.79 Å². The van der Waals surface area contributed by atoms with Crippen LogP contribution in [-0.2, 0) is 11.2 Å². The third-order valence-electron chi connectivity index (χ3n) is 1.58. The number of thioether (sulfide) groups is 1. The quantitative estimate of drug-likeness (QED) is 0.742. The van der Waals surface area contributed by atoms with Crippen molar-refractivity contribution < 1.29 is 9.90 Å². The minimum absolute atomic E-state index is 0.272. The Morgan fingerprint density at radius 3 is 3.00 bits per heavy atom. The van der Waals surface area contributed by atoms with Crippen LogP contribution in [0.4, 0.5) is 0 Å². The molecule has 1 N–H and O–H groups in total. The Labute approximate surface area is 86.0 Å². The summed E-state index contributed by atoms with van der Waals surface area (Å²) in [5.41, 5.74) is 1.35. The predicted molar refractivity (Wildman–Crippen MR) is 57.6 cm³/mol. The molecule has 0 amide bonds. The second-order valence-electron chi connectivity index (χ2n) is 2.64. The Balaban J connectivity index is 1.99. The molecule has 1 heterocycles. The topological polar surface area (TPSA) is 37.3 Å². The lowest BCUT2D eigenvalue weighted by Gasteiger charge is -1.97. The Morgan fingerprint density at radius 2 is 2.38 bits per heavy atom. The molecule has 0 fully saturated rings. The summed E-state index contributed by atoms with van der Waals surface area (Å²) in [6.07, 6.45) is 1.32. The molecule has 0 aliphatic heterocycles. The smallest absolute Gasteiger partial charge is 0.304 e. The number of hydrogen-bond acceptors (Lipinski definition) is 3. The van der Waals surface area contributed by atoms with Crippen LogP contribution in [0.25, 0.3) is 0 Å². The van der Waals surface area contributed by atoms with Gasteiger partial charge in [-0.05, 0) is 34.6 Å². The molecule has 1 rings (SSSR count). The standard InChI is InChI=1S/C9H12O2S2/c10-9(11)3-6-12-4-1-8-2-5-13-7-8/h2,5,7H,1,3-4,6H2,(H,10,11). The molecule has 4 heteroatoms. The number of aliphatic carboxylic acids is 1. The van der Waals surface area contributed by atoms with Crippen molar-refractivity contribution in [3.8, 4) is 0 Å². The SMILES string of the molecule is O=C(O)CCSCCc1ccsc1. The highest BCUT2D eigenvalue weighted by molar-refractivity contribution is 7.99. The number of thiophene rings is 1. The van der Waals surface area contributed by atoms with E-state index in [1.807, 2.05) is 0 Å². The molecule has 0 aliphatic rings. The molecule has 0 bridgehead atoms. The molecule has 0 atom stereocenters. The molecule has 0 spiro atoms. The summed E-state index contributed by atoms with van der Waals surface area (Å²) in [6, 6.07) is 2.11. The van der Waals surface area contributed by atoms with E-state index in [9.17, 15) is 4.79 Å². The fourth-order valence-corrected chi connectivity index (χ4v) is 2.49. The summed E-state index contributed by atoms with van der Waals surface area (Å²) in [5, 5.41) is 12.6. The van der Waals surface area contributed by atoms with Gasteiger partial charge in [0.2, 0.25) is 0 Å². The zero-order valence-electron chi connectivity index (χ0n) is 7.23. The molecule has 1 aromatic rings. The third kappa shape index (κ3) is 4.95. The first-order valence-electron chi connectivity index (χ1n) is 4.09. The third-order valence-corrected chi connectivity index (χ3v) is 3.29. The molecule has 2 nitrogen and oxygen atoms in total. The number of aryl methyl sites for hydroxylation is 1. The molecule has 72 valence electrons. The van der Waals surface area contributed by atoms with Crippen LogP contribution in [0, 0.1) is 0 Å². The fourth-order valence-electron chi connectivity index (χ4n) is 0.886. The van der Waals surface area contributed by atoms with Crippen LogP contribution < -0.4 is 0 Å². The second kappa shape index (κ2) is 6.05. The van der Waals surface area contributed by atoms with Crippen LogP contribution in [-0.4, -0.2) is 22.6 Å². The van der Waals surface area contributed by atoms with Gasteiger partial charge in [0.15, 0.2) is 0 Å². The van der Waals surface area contributed by atoms with E-state index < -0.39 is 5.97 Å². The first-order valence-corrected chi connectivity index (χ1v) is 6.19. The highest BCUT2D eigenvalue weighted by Gasteiger charge is 1.97. The van der Waals surface area contributed by atoms with Gasteiger partial charge in [-0.1, -0.05) is 0 Å². The van der Waals surface area contributed by atoms with Crippen molar-refractivity contribution in [1.29, 1.82) is 0 Å². The highest BCUT2D eigenvalue weighted by Crippen LogP contribution is 2.11. The van der Waals surface area contributed by atoms with E-state index in [2.05, 4.69) is 16.8 Å². The van der Waals surface area contributed by atoms with Gasteiger partial charge in [-0.15, -0.1) is 0 Å². The molecule has 0 unspecified atom stereocenters. The summed E-state index contributed by atoms with van der Waals surface area (Å²) >= 11 is 3.41. The van der Waals surface area contributed by atoms with Crippen LogP contribution in [0.5, 0.6) is 0 Å². The Kier molecular flexibility index (Phi) is 4.93. The van der Waals surface area contributed by atoms with Crippen LogP contribution in [0.2, 0.25) is 0 Å². The Hall–Kier alpha value is -0.480. The molecular weight excluding hydrogens is 204 g/mol. The summed E-state index contributed by atoms with van der Waals surface area (Å²) in [5.74, 6) is 1.03.